The van der Waals surface area contributed by atoms with Gasteiger partial charge in [0.15, 0.2) is 5.82 Å². The number of carbonyl (C=O) groups excluding carboxylic acids is 1. The molecule has 1 aromatic heterocycles. The average Bonchev–Trinajstić information content (AvgIpc) is 2.97. The Morgan fingerprint density at radius 3 is 2.58 bits per heavy atom. The fraction of sp³-hybridized carbons (Fsp3) is 0.433. The lowest BCUT2D eigenvalue weighted by Crippen LogP contribution is -2.48. The summed E-state index contributed by atoms with van der Waals surface area (Å²) in [4.78, 5) is 27.4. The number of hydrogen-bond donors (Lipinski definition) is 0. The minimum absolute atomic E-state index is 0.109. The van der Waals surface area contributed by atoms with Crippen molar-refractivity contribution in [1.29, 1.82) is 0 Å². The first-order chi connectivity index (χ1) is 19.4. The normalized spacial score (nSPS) is 16.5. The van der Waals surface area contributed by atoms with Crippen LogP contribution in [-0.4, -0.2) is 91.3 Å². The molecule has 2 aliphatic rings. The minimum Gasteiger partial charge on any atom is -0.462 e. The highest BCUT2D eigenvalue weighted by Gasteiger charge is 2.27. The first kappa shape index (κ1) is 28.3. The predicted octanol–water partition coefficient (Wildman–Crippen LogP) is 4.76. The second-order valence-corrected chi connectivity index (χ2v) is 10.7. The summed E-state index contributed by atoms with van der Waals surface area (Å²) < 4.78 is 27.9. The molecule has 0 radical (unpaired) electrons. The average molecular weight is 568 g/mol. The molecule has 8 nitrogen and oxygen atoms in total. The predicted molar refractivity (Wildman–Crippen MR) is 156 cm³/mol. The molecule has 2 aromatic carbocycles. The third-order valence-corrected chi connectivity index (χ3v) is 7.80. The van der Waals surface area contributed by atoms with Crippen LogP contribution in [0, 0.1) is 5.82 Å². The van der Waals surface area contributed by atoms with Gasteiger partial charge in [-0.15, -0.1) is 0 Å². The fourth-order valence-corrected chi connectivity index (χ4v) is 5.59. The van der Waals surface area contributed by atoms with E-state index in [0.717, 1.165) is 24.2 Å². The second-order valence-electron chi connectivity index (χ2n) is 10.3. The number of halogens is 2. The molecule has 0 saturated carbocycles. The number of fused-ring (bicyclic) bond motifs is 1. The largest absolute Gasteiger partial charge is 0.462 e. The molecule has 0 unspecified atom stereocenters. The van der Waals surface area contributed by atoms with E-state index in [1.54, 1.807) is 11.0 Å². The molecule has 0 spiro atoms. The molecule has 2 saturated heterocycles. The second kappa shape index (κ2) is 12.5. The van der Waals surface area contributed by atoms with Crippen LogP contribution in [-0.2, 0) is 9.53 Å². The Bertz CT molecular complexity index is 1390. The molecule has 5 rings (SSSR count). The van der Waals surface area contributed by atoms with Gasteiger partial charge in [-0.2, -0.15) is 9.97 Å². The molecule has 3 heterocycles. The highest BCUT2D eigenvalue weighted by Crippen LogP contribution is 2.41. The number of rotatable bonds is 8. The molecule has 1 amide bonds. The molecular weight excluding hydrogens is 533 g/mol. The summed E-state index contributed by atoms with van der Waals surface area (Å²) in [5, 5.41) is 0.807. The van der Waals surface area contributed by atoms with E-state index in [0.29, 0.717) is 74.3 Å². The van der Waals surface area contributed by atoms with Crippen molar-refractivity contribution in [1.82, 2.24) is 19.8 Å². The summed E-state index contributed by atoms with van der Waals surface area (Å²) in [6.07, 6.45) is 1.32. The van der Waals surface area contributed by atoms with Crippen molar-refractivity contribution in [2.75, 3.05) is 70.5 Å². The summed E-state index contributed by atoms with van der Waals surface area (Å²) in [6, 6.07) is 9.59. The molecule has 0 aliphatic carbocycles. The highest BCUT2D eigenvalue weighted by atomic mass is 35.5. The Labute approximate surface area is 239 Å². The van der Waals surface area contributed by atoms with Crippen LogP contribution in [0.2, 0.25) is 5.02 Å². The molecule has 212 valence electrons. The molecule has 0 atom stereocenters. The number of morpholine rings is 1. The Morgan fingerprint density at radius 1 is 1.15 bits per heavy atom. The number of ether oxygens (including phenoxy) is 2. The van der Waals surface area contributed by atoms with E-state index in [1.807, 2.05) is 29.2 Å². The van der Waals surface area contributed by atoms with Gasteiger partial charge in [-0.05, 0) is 29.2 Å². The number of amides is 1. The van der Waals surface area contributed by atoms with E-state index in [2.05, 4.69) is 30.3 Å². The van der Waals surface area contributed by atoms with E-state index in [-0.39, 0.29) is 23.4 Å². The van der Waals surface area contributed by atoms with E-state index in [9.17, 15) is 4.79 Å². The van der Waals surface area contributed by atoms with E-state index >= 15 is 4.39 Å². The zero-order valence-electron chi connectivity index (χ0n) is 23.0. The molecule has 3 aromatic rings. The maximum absolute atomic E-state index is 16.5. The van der Waals surface area contributed by atoms with Crippen LogP contribution >= 0.6 is 11.6 Å². The lowest BCUT2D eigenvalue weighted by Gasteiger charge is -2.35. The Hall–Kier alpha value is -3.27. The quantitative estimate of drug-likeness (QED) is 0.364. The number of nitrogens with zero attached hydrogens (tertiary/aromatic N) is 5. The molecule has 10 heteroatoms. The van der Waals surface area contributed by atoms with Gasteiger partial charge in [-0.3, -0.25) is 9.69 Å². The summed E-state index contributed by atoms with van der Waals surface area (Å²) in [5.74, 6) is 0.109. The third kappa shape index (κ3) is 5.92. The van der Waals surface area contributed by atoms with Crippen molar-refractivity contribution in [3.63, 3.8) is 0 Å². The summed E-state index contributed by atoms with van der Waals surface area (Å²) >= 11 is 6.80. The minimum atomic E-state index is -0.502. The van der Waals surface area contributed by atoms with Gasteiger partial charge in [-0.25, -0.2) is 4.39 Å². The zero-order valence-corrected chi connectivity index (χ0v) is 23.8. The Balaban J connectivity index is 1.54. The van der Waals surface area contributed by atoms with Crippen LogP contribution in [0.3, 0.4) is 0 Å². The van der Waals surface area contributed by atoms with Crippen molar-refractivity contribution in [2.24, 2.45) is 0 Å². The molecule has 0 N–H and O–H groups in total. The van der Waals surface area contributed by atoms with Gasteiger partial charge in [0.25, 0.3) is 0 Å². The van der Waals surface area contributed by atoms with E-state index in [1.165, 1.54) is 6.08 Å². The van der Waals surface area contributed by atoms with Gasteiger partial charge >= 0.3 is 6.01 Å². The third-order valence-electron chi connectivity index (χ3n) is 7.50. The van der Waals surface area contributed by atoms with Crippen molar-refractivity contribution in [2.45, 2.75) is 19.8 Å². The van der Waals surface area contributed by atoms with Crippen LogP contribution in [0.15, 0.2) is 43.0 Å². The lowest BCUT2D eigenvalue weighted by molar-refractivity contribution is -0.126. The van der Waals surface area contributed by atoms with Crippen molar-refractivity contribution in [3.05, 3.63) is 59.4 Å². The maximum Gasteiger partial charge on any atom is 0.319 e. The highest BCUT2D eigenvalue weighted by molar-refractivity contribution is 6.34. The molecular formula is C30H35ClFN5O3. The van der Waals surface area contributed by atoms with Crippen LogP contribution in [0.5, 0.6) is 6.01 Å². The molecule has 40 heavy (non-hydrogen) atoms. The number of piperazine rings is 1. The summed E-state index contributed by atoms with van der Waals surface area (Å²) in [6.45, 7) is 13.9. The van der Waals surface area contributed by atoms with Crippen molar-refractivity contribution < 1.29 is 18.7 Å². The van der Waals surface area contributed by atoms with Crippen LogP contribution in [0.25, 0.3) is 22.0 Å². The van der Waals surface area contributed by atoms with E-state index < -0.39 is 5.82 Å². The monoisotopic (exact) mass is 567 g/mol. The van der Waals surface area contributed by atoms with Gasteiger partial charge in [-0.1, -0.05) is 56.3 Å². The first-order valence-electron chi connectivity index (χ1n) is 13.8. The number of anilines is 1. The van der Waals surface area contributed by atoms with Gasteiger partial charge in [0.2, 0.25) is 5.91 Å². The molecule has 2 fully saturated rings. The Kier molecular flexibility index (Phi) is 8.83. The number of carbonyl (C=O) groups is 1. The van der Waals surface area contributed by atoms with Crippen LogP contribution < -0.4 is 9.64 Å². The molecule has 2 aliphatic heterocycles. The summed E-state index contributed by atoms with van der Waals surface area (Å²) in [5.41, 5.74) is 2.23. The van der Waals surface area contributed by atoms with Gasteiger partial charge < -0.3 is 19.3 Å². The smallest absolute Gasteiger partial charge is 0.319 e. The number of aromatic nitrogens is 2. The SMILES string of the molecule is C=CC(=O)N1CCN(c2nc(OCCN3CCOCC3)nc3c(F)c(-c4ccccc4C(C)C)c(Cl)cc23)CC1. The number of hydrogen-bond acceptors (Lipinski definition) is 7. The van der Waals surface area contributed by atoms with Crippen LogP contribution in [0.4, 0.5) is 10.2 Å². The Morgan fingerprint density at radius 2 is 1.88 bits per heavy atom. The number of benzene rings is 2. The van der Waals surface area contributed by atoms with Gasteiger partial charge in [0.05, 0.1) is 18.2 Å². The first-order valence-corrected chi connectivity index (χ1v) is 14.1. The van der Waals surface area contributed by atoms with Gasteiger partial charge in [0, 0.05) is 56.8 Å². The van der Waals surface area contributed by atoms with Gasteiger partial charge in [0.1, 0.15) is 17.9 Å². The maximum atomic E-state index is 16.5. The van der Waals surface area contributed by atoms with Crippen molar-refractivity contribution in [3.8, 4) is 17.1 Å². The summed E-state index contributed by atoms with van der Waals surface area (Å²) in [7, 11) is 0. The van der Waals surface area contributed by atoms with Crippen LogP contribution in [0.1, 0.15) is 25.3 Å². The zero-order chi connectivity index (χ0) is 28.2. The van der Waals surface area contributed by atoms with E-state index in [4.69, 9.17) is 26.1 Å². The lowest BCUT2D eigenvalue weighted by atomic mass is 9.91. The standard InChI is InChI=1S/C30H35ClFN5O3/c1-4-25(38)36-9-11-37(12-10-36)29-23-19-24(31)26(22-8-6-5-7-21(22)20(2)3)27(32)28(23)33-30(34-29)40-18-15-35-13-16-39-17-14-35/h4-8,19-20H,1,9-18H2,2-3H3. The topological polar surface area (TPSA) is 71.0 Å². The fourth-order valence-electron chi connectivity index (χ4n) is 5.30. The van der Waals surface area contributed by atoms with Crippen molar-refractivity contribution >= 4 is 34.2 Å². The molecule has 0 bridgehead atoms.